The van der Waals surface area contributed by atoms with Crippen LogP contribution >= 0.6 is 11.6 Å². The minimum absolute atomic E-state index is 0.111. The maximum absolute atomic E-state index is 9.78. The SMILES string of the molecule is CC(C)c1ccc(O)c(N=Nc2ccccc2Cl)c1. The van der Waals surface area contributed by atoms with Crippen LogP contribution in [0.1, 0.15) is 25.3 Å². The van der Waals surface area contributed by atoms with Gasteiger partial charge in [-0.05, 0) is 35.7 Å². The molecule has 1 N–H and O–H groups in total. The van der Waals surface area contributed by atoms with Gasteiger partial charge < -0.3 is 5.11 Å². The van der Waals surface area contributed by atoms with Crippen molar-refractivity contribution in [1.82, 2.24) is 0 Å². The Bertz CT molecular complexity index is 609. The van der Waals surface area contributed by atoms with Gasteiger partial charge in [-0.1, -0.05) is 43.6 Å². The van der Waals surface area contributed by atoms with Gasteiger partial charge in [-0.25, -0.2) is 0 Å². The molecule has 2 aromatic rings. The zero-order valence-corrected chi connectivity index (χ0v) is 11.6. The molecule has 0 saturated heterocycles. The molecule has 0 heterocycles. The molecule has 3 nitrogen and oxygen atoms in total. The first-order valence-electron chi connectivity index (χ1n) is 6.07. The third-order valence-electron chi connectivity index (χ3n) is 2.78. The molecule has 0 aliphatic heterocycles. The Kier molecular flexibility index (Phi) is 4.17. The molecule has 0 bridgehead atoms. The Morgan fingerprint density at radius 3 is 2.37 bits per heavy atom. The van der Waals surface area contributed by atoms with E-state index >= 15 is 0 Å². The quantitative estimate of drug-likeness (QED) is 0.729. The number of rotatable bonds is 3. The normalized spacial score (nSPS) is 11.4. The third-order valence-corrected chi connectivity index (χ3v) is 3.10. The van der Waals surface area contributed by atoms with E-state index in [0.29, 0.717) is 22.3 Å². The van der Waals surface area contributed by atoms with Crippen LogP contribution in [0.25, 0.3) is 0 Å². The van der Waals surface area contributed by atoms with Crippen LogP contribution in [-0.2, 0) is 0 Å². The van der Waals surface area contributed by atoms with Crippen LogP contribution < -0.4 is 0 Å². The van der Waals surface area contributed by atoms with Crippen LogP contribution in [0.4, 0.5) is 11.4 Å². The van der Waals surface area contributed by atoms with E-state index < -0.39 is 0 Å². The summed E-state index contributed by atoms with van der Waals surface area (Å²) in [6.07, 6.45) is 0. The molecule has 0 aliphatic rings. The van der Waals surface area contributed by atoms with Crippen molar-refractivity contribution in [1.29, 1.82) is 0 Å². The minimum atomic E-state index is 0.111. The molecule has 0 aromatic heterocycles. The van der Waals surface area contributed by atoms with Crippen molar-refractivity contribution in [2.45, 2.75) is 19.8 Å². The van der Waals surface area contributed by atoms with E-state index in [4.69, 9.17) is 11.6 Å². The van der Waals surface area contributed by atoms with Gasteiger partial charge in [0.15, 0.2) is 0 Å². The lowest BCUT2D eigenvalue weighted by Crippen LogP contribution is -1.85. The van der Waals surface area contributed by atoms with Crippen LogP contribution in [0.15, 0.2) is 52.7 Å². The summed E-state index contributed by atoms with van der Waals surface area (Å²) in [6.45, 7) is 4.17. The summed E-state index contributed by atoms with van der Waals surface area (Å²) in [4.78, 5) is 0. The van der Waals surface area contributed by atoms with Crippen LogP contribution in [-0.4, -0.2) is 5.11 Å². The summed E-state index contributed by atoms with van der Waals surface area (Å²) >= 11 is 6.00. The maximum Gasteiger partial charge on any atom is 0.143 e. The summed E-state index contributed by atoms with van der Waals surface area (Å²) in [5.74, 6) is 0.482. The molecule has 0 radical (unpaired) electrons. The molecule has 2 rings (SSSR count). The summed E-state index contributed by atoms with van der Waals surface area (Å²) in [7, 11) is 0. The second kappa shape index (κ2) is 5.85. The minimum Gasteiger partial charge on any atom is -0.506 e. The van der Waals surface area contributed by atoms with Gasteiger partial charge in [-0.3, -0.25) is 0 Å². The van der Waals surface area contributed by atoms with Gasteiger partial charge >= 0.3 is 0 Å². The number of halogens is 1. The number of benzene rings is 2. The van der Waals surface area contributed by atoms with Gasteiger partial charge in [-0.2, -0.15) is 0 Å². The average Bonchev–Trinajstić information content (AvgIpc) is 2.39. The first-order chi connectivity index (χ1) is 9.08. The Balaban J connectivity index is 2.33. The van der Waals surface area contributed by atoms with Crippen molar-refractivity contribution in [3.05, 3.63) is 53.1 Å². The zero-order chi connectivity index (χ0) is 13.8. The van der Waals surface area contributed by atoms with E-state index in [1.807, 2.05) is 24.3 Å². The predicted octanol–water partition coefficient (Wildman–Crippen LogP) is 5.58. The van der Waals surface area contributed by atoms with Crippen LogP contribution in [0.2, 0.25) is 5.02 Å². The predicted molar refractivity (Wildman–Crippen MR) is 77.8 cm³/mol. The third kappa shape index (κ3) is 3.32. The summed E-state index contributed by atoms with van der Waals surface area (Å²) < 4.78 is 0. The van der Waals surface area contributed by atoms with Crippen LogP contribution in [0, 0.1) is 0 Å². The Morgan fingerprint density at radius 2 is 1.68 bits per heavy atom. The summed E-state index contributed by atoms with van der Waals surface area (Å²) in [6, 6.07) is 12.5. The smallest absolute Gasteiger partial charge is 0.143 e. The van der Waals surface area contributed by atoms with Crippen molar-refractivity contribution in [2.24, 2.45) is 10.2 Å². The van der Waals surface area contributed by atoms with Crippen LogP contribution in [0.5, 0.6) is 5.75 Å². The first kappa shape index (κ1) is 13.6. The standard InChI is InChI=1S/C15H15ClN2O/c1-10(2)11-7-8-15(19)14(9-11)18-17-13-6-4-3-5-12(13)16/h3-10,19H,1-2H3. The van der Waals surface area contributed by atoms with E-state index in [9.17, 15) is 5.11 Å². The van der Waals surface area contributed by atoms with E-state index in [-0.39, 0.29) is 5.75 Å². The van der Waals surface area contributed by atoms with Crippen molar-refractivity contribution in [3.8, 4) is 5.75 Å². The fourth-order valence-electron chi connectivity index (χ4n) is 1.62. The maximum atomic E-state index is 9.78. The molecule has 4 heteroatoms. The highest BCUT2D eigenvalue weighted by molar-refractivity contribution is 6.32. The number of phenols is 1. The molecule has 0 unspecified atom stereocenters. The monoisotopic (exact) mass is 274 g/mol. The second-order valence-corrected chi connectivity index (χ2v) is 4.96. The van der Waals surface area contributed by atoms with E-state index in [1.165, 1.54) is 0 Å². The number of aromatic hydroxyl groups is 1. The highest BCUT2D eigenvalue weighted by Gasteiger charge is 2.05. The molecule has 0 atom stereocenters. The molecular formula is C15H15ClN2O. The molecule has 0 amide bonds. The lowest BCUT2D eigenvalue weighted by molar-refractivity contribution is 0.476. The topological polar surface area (TPSA) is 45.0 Å². The van der Waals surface area contributed by atoms with E-state index in [0.717, 1.165) is 5.56 Å². The highest BCUT2D eigenvalue weighted by atomic mass is 35.5. The van der Waals surface area contributed by atoms with Gasteiger partial charge in [0, 0.05) is 0 Å². The molecule has 0 fully saturated rings. The second-order valence-electron chi connectivity index (χ2n) is 4.55. The first-order valence-corrected chi connectivity index (χ1v) is 6.45. The molecular weight excluding hydrogens is 260 g/mol. The highest BCUT2D eigenvalue weighted by Crippen LogP contribution is 2.32. The molecule has 0 spiro atoms. The van der Waals surface area contributed by atoms with Crippen molar-refractivity contribution in [2.75, 3.05) is 0 Å². The zero-order valence-electron chi connectivity index (χ0n) is 10.8. The number of hydrogen-bond donors (Lipinski definition) is 1. The van der Waals surface area contributed by atoms with Gasteiger partial charge in [0.25, 0.3) is 0 Å². The molecule has 19 heavy (non-hydrogen) atoms. The lowest BCUT2D eigenvalue weighted by Gasteiger charge is -2.06. The summed E-state index contributed by atoms with van der Waals surface area (Å²) in [5, 5.41) is 18.5. The largest absolute Gasteiger partial charge is 0.506 e. The Morgan fingerprint density at radius 1 is 1.00 bits per heavy atom. The summed E-state index contributed by atoms with van der Waals surface area (Å²) in [5.41, 5.74) is 2.13. The van der Waals surface area contributed by atoms with Gasteiger partial charge in [0.2, 0.25) is 0 Å². The molecule has 2 aromatic carbocycles. The van der Waals surface area contributed by atoms with E-state index in [2.05, 4.69) is 24.1 Å². The molecule has 0 saturated carbocycles. The Hall–Kier alpha value is -1.87. The number of phenolic OH excluding ortho intramolecular Hbond substituents is 1. The van der Waals surface area contributed by atoms with Gasteiger partial charge in [0.1, 0.15) is 17.1 Å². The molecule has 98 valence electrons. The Labute approximate surface area is 117 Å². The number of hydrogen-bond acceptors (Lipinski definition) is 3. The number of azo groups is 1. The van der Waals surface area contributed by atoms with Gasteiger partial charge in [-0.15, -0.1) is 10.2 Å². The van der Waals surface area contributed by atoms with Crippen molar-refractivity contribution >= 4 is 23.0 Å². The van der Waals surface area contributed by atoms with Crippen molar-refractivity contribution in [3.63, 3.8) is 0 Å². The average molecular weight is 275 g/mol. The molecule has 0 aliphatic carbocycles. The van der Waals surface area contributed by atoms with Gasteiger partial charge in [0.05, 0.1) is 5.02 Å². The number of nitrogens with zero attached hydrogens (tertiary/aromatic N) is 2. The fraction of sp³-hybridized carbons (Fsp3) is 0.200. The van der Waals surface area contributed by atoms with Crippen molar-refractivity contribution < 1.29 is 5.11 Å². The van der Waals surface area contributed by atoms with E-state index in [1.54, 1.807) is 18.2 Å². The fourth-order valence-corrected chi connectivity index (χ4v) is 1.79. The van der Waals surface area contributed by atoms with Crippen LogP contribution in [0.3, 0.4) is 0 Å². The lowest BCUT2D eigenvalue weighted by atomic mass is 10.0.